The largest absolute Gasteiger partial charge is 0.387 e. The highest BCUT2D eigenvalue weighted by molar-refractivity contribution is 5.81. The molecule has 0 saturated carbocycles. The molecular weight excluding hydrogens is 251 g/mol. The number of morpholine rings is 1. The fraction of sp³-hybridized carbons (Fsp3) is 0.462. The second-order valence-corrected chi connectivity index (χ2v) is 4.38. The summed E-state index contributed by atoms with van der Waals surface area (Å²) in [7, 11) is 0. The van der Waals surface area contributed by atoms with Gasteiger partial charge in [-0.15, -0.1) is 0 Å². The Bertz CT molecular complexity index is 436. The first-order valence-corrected chi connectivity index (χ1v) is 6.20. The highest BCUT2D eigenvalue weighted by atomic mass is 19.1. The number of ether oxygens (including phenoxy) is 1. The maximum Gasteiger partial charge on any atom is 0.250 e. The van der Waals surface area contributed by atoms with E-state index in [9.17, 15) is 14.3 Å². The monoisotopic (exact) mass is 268 g/mol. The van der Waals surface area contributed by atoms with Gasteiger partial charge in [-0.1, -0.05) is 12.1 Å². The molecule has 1 amide bonds. The van der Waals surface area contributed by atoms with E-state index < -0.39 is 18.0 Å². The predicted octanol–water partition coefficient (Wildman–Crippen LogP) is -0.0363. The summed E-state index contributed by atoms with van der Waals surface area (Å²) in [6, 6.07) is 5.67. The second-order valence-electron chi connectivity index (χ2n) is 4.38. The maximum absolute atomic E-state index is 13.0. The standard InChI is InChI=1S/C13H17FN2O3/c14-10-3-1-2-9(6-10)11(17)7-16-13(18)12-8-15-4-5-19-12/h1-3,6,11-12,15,17H,4-5,7-8H2,(H,16,18). The smallest absolute Gasteiger partial charge is 0.250 e. The summed E-state index contributed by atoms with van der Waals surface area (Å²) in [5, 5.41) is 15.5. The molecule has 6 heteroatoms. The summed E-state index contributed by atoms with van der Waals surface area (Å²) in [6.07, 6.45) is -1.47. The molecule has 5 nitrogen and oxygen atoms in total. The molecule has 1 aliphatic heterocycles. The average molecular weight is 268 g/mol. The lowest BCUT2D eigenvalue weighted by molar-refractivity contribution is -0.134. The van der Waals surface area contributed by atoms with E-state index in [-0.39, 0.29) is 12.5 Å². The van der Waals surface area contributed by atoms with Gasteiger partial charge in [0.25, 0.3) is 5.91 Å². The van der Waals surface area contributed by atoms with Crippen molar-refractivity contribution in [3.05, 3.63) is 35.6 Å². The van der Waals surface area contributed by atoms with Crippen molar-refractivity contribution in [2.45, 2.75) is 12.2 Å². The number of benzene rings is 1. The topological polar surface area (TPSA) is 70.6 Å². The van der Waals surface area contributed by atoms with Crippen LogP contribution in [0.25, 0.3) is 0 Å². The van der Waals surface area contributed by atoms with Gasteiger partial charge in [0.1, 0.15) is 11.9 Å². The van der Waals surface area contributed by atoms with E-state index in [0.29, 0.717) is 18.7 Å². The molecule has 1 fully saturated rings. The Labute approximate surface area is 110 Å². The van der Waals surface area contributed by atoms with Crippen molar-refractivity contribution in [2.75, 3.05) is 26.2 Å². The molecule has 19 heavy (non-hydrogen) atoms. The maximum atomic E-state index is 13.0. The molecule has 2 atom stereocenters. The van der Waals surface area contributed by atoms with Crippen molar-refractivity contribution < 1.29 is 19.0 Å². The molecule has 0 aromatic heterocycles. The van der Waals surface area contributed by atoms with Crippen LogP contribution in [0.2, 0.25) is 0 Å². The Morgan fingerprint density at radius 2 is 2.47 bits per heavy atom. The Morgan fingerprint density at radius 1 is 1.63 bits per heavy atom. The van der Waals surface area contributed by atoms with E-state index in [2.05, 4.69) is 10.6 Å². The summed E-state index contributed by atoms with van der Waals surface area (Å²) in [6.45, 7) is 1.71. The molecule has 1 saturated heterocycles. The Morgan fingerprint density at radius 3 is 3.16 bits per heavy atom. The Hall–Kier alpha value is -1.50. The summed E-state index contributed by atoms with van der Waals surface area (Å²) < 4.78 is 18.3. The van der Waals surface area contributed by atoms with Crippen LogP contribution < -0.4 is 10.6 Å². The molecule has 1 aromatic carbocycles. The van der Waals surface area contributed by atoms with Crippen molar-refractivity contribution in [3.8, 4) is 0 Å². The van der Waals surface area contributed by atoms with Gasteiger partial charge in [0, 0.05) is 19.6 Å². The molecule has 1 aliphatic rings. The molecule has 1 aromatic rings. The SMILES string of the molecule is O=C(NCC(O)c1cccc(F)c1)C1CNCCO1. The minimum atomic E-state index is -0.934. The number of hydrogen-bond donors (Lipinski definition) is 3. The number of aliphatic hydroxyl groups excluding tert-OH is 1. The molecule has 0 aliphatic carbocycles. The zero-order valence-corrected chi connectivity index (χ0v) is 10.4. The number of hydrogen-bond acceptors (Lipinski definition) is 4. The van der Waals surface area contributed by atoms with E-state index in [1.165, 1.54) is 18.2 Å². The minimum Gasteiger partial charge on any atom is -0.387 e. The molecular formula is C13H17FN2O3. The van der Waals surface area contributed by atoms with Crippen molar-refractivity contribution in [3.63, 3.8) is 0 Å². The molecule has 2 rings (SSSR count). The number of carbonyl (C=O) groups is 1. The highest BCUT2D eigenvalue weighted by Gasteiger charge is 2.22. The van der Waals surface area contributed by atoms with Gasteiger partial charge < -0.3 is 20.5 Å². The Kier molecular flexibility index (Phi) is 4.84. The quantitative estimate of drug-likeness (QED) is 0.717. The number of amides is 1. The third-order valence-corrected chi connectivity index (χ3v) is 2.92. The summed E-state index contributed by atoms with van der Waals surface area (Å²) in [5.74, 6) is -0.689. The van der Waals surface area contributed by atoms with Gasteiger partial charge in [-0.3, -0.25) is 4.79 Å². The third-order valence-electron chi connectivity index (χ3n) is 2.92. The summed E-state index contributed by atoms with van der Waals surface area (Å²) >= 11 is 0. The zero-order chi connectivity index (χ0) is 13.7. The van der Waals surface area contributed by atoms with E-state index in [0.717, 1.165) is 6.54 Å². The van der Waals surface area contributed by atoms with E-state index in [1.807, 2.05) is 0 Å². The van der Waals surface area contributed by atoms with Crippen LogP contribution in [0.4, 0.5) is 4.39 Å². The number of halogens is 1. The van der Waals surface area contributed by atoms with Gasteiger partial charge in [0.15, 0.2) is 0 Å². The third kappa shape index (κ3) is 3.99. The van der Waals surface area contributed by atoms with E-state index >= 15 is 0 Å². The van der Waals surface area contributed by atoms with E-state index in [1.54, 1.807) is 6.07 Å². The first kappa shape index (κ1) is 13.9. The molecule has 2 unspecified atom stereocenters. The van der Waals surface area contributed by atoms with Crippen LogP contribution in [-0.4, -0.2) is 43.4 Å². The van der Waals surface area contributed by atoms with Gasteiger partial charge in [-0.2, -0.15) is 0 Å². The van der Waals surface area contributed by atoms with Gasteiger partial charge in [0.05, 0.1) is 12.7 Å². The van der Waals surface area contributed by atoms with Gasteiger partial charge in [0.2, 0.25) is 0 Å². The number of nitrogens with one attached hydrogen (secondary N) is 2. The zero-order valence-electron chi connectivity index (χ0n) is 10.4. The molecule has 0 radical (unpaired) electrons. The highest BCUT2D eigenvalue weighted by Crippen LogP contribution is 2.13. The Balaban J connectivity index is 1.82. The minimum absolute atomic E-state index is 0.0299. The van der Waals surface area contributed by atoms with Crippen LogP contribution in [0, 0.1) is 5.82 Å². The first-order chi connectivity index (χ1) is 9.16. The average Bonchev–Trinajstić information content (AvgIpc) is 2.45. The molecule has 3 N–H and O–H groups in total. The lowest BCUT2D eigenvalue weighted by atomic mass is 10.1. The second kappa shape index (κ2) is 6.60. The first-order valence-electron chi connectivity index (χ1n) is 6.20. The van der Waals surface area contributed by atoms with Gasteiger partial charge >= 0.3 is 0 Å². The van der Waals surface area contributed by atoms with Crippen LogP contribution in [0.15, 0.2) is 24.3 Å². The number of aliphatic hydroxyl groups is 1. The molecule has 0 spiro atoms. The van der Waals surface area contributed by atoms with Crippen molar-refractivity contribution in [1.82, 2.24) is 10.6 Å². The summed E-state index contributed by atoms with van der Waals surface area (Å²) in [4.78, 5) is 11.7. The fourth-order valence-corrected chi connectivity index (χ4v) is 1.88. The van der Waals surface area contributed by atoms with Crippen LogP contribution in [0.1, 0.15) is 11.7 Å². The van der Waals surface area contributed by atoms with E-state index in [4.69, 9.17) is 4.74 Å². The fourth-order valence-electron chi connectivity index (χ4n) is 1.88. The number of carbonyl (C=O) groups excluding carboxylic acids is 1. The molecule has 104 valence electrons. The molecule has 1 heterocycles. The van der Waals surface area contributed by atoms with Gasteiger partial charge in [-0.05, 0) is 17.7 Å². The van der Waals surface area contributed by atoms with Crippen LogP contribution in [0.3, 0.4) is 0 Å². The van der Waals surface area contributed by atoms with Crippen LogP contribution >= 0.6 is 0 Å². The number of rotatable bonds is 4. The van der Waals surface area contributed by atoms with Crippen molar-refractivity contribution in [1.29, 1.82) is 0 Å². The van der Waals surface area contributed by atoms with Crippen molar-refractivity contribution in [2.24, 2.45) is 0 Å². The van der Waals surface area contributed by atoms with Crippen LogP contribution in [-0.2, 0) is 9.53 Å². The summed E-state index contributed by atoms with van der Waals surface area (Å²) in [5.41, 5.74) is 0.433. The normalized spacial score (nSPS) is 20.8. The van der Waals surface area contributed by atoms with Crippen LogP contribution in [0.5, 0.6) is 0 Å². The lowest BCUT2D eigenvalue weighted by Crippen LogP contribution is -2.48. The van der Waals surface area contributed by atoms with Crippen molar-refractivity contribution >= 4 is 5.91 Å². The molecule has 0 bridgehead atoms. The van der Waals surface area contributed by atoms with Gasteiger partial charge in [-0.25, -0.2) is 4.39 Å². The lowest BCUT2D eigenvalue weighted by Gasteiger charge is -2.23. The predicted molar refractivity (Wildman–Crippen MR) is 67.0 cm³/mol.